The molecule has 0 saturated carbocycles. The van der Waals surface area contributed by atoms with E-state index in [1.165, 1.54) is 6.42 Å². The Morgan fingerprint density at radius 3 is 2.74 bits per heavy atom. The van der Waals surface area contributed by atoms with Crippen LogP contribution < -0.4 is 5.32 Å². The molecule has 3 rings (SSSR count). The minimum atomic E-state index is 0.0590. The van der Waals surface area contributed by atoms with E-state index >= 15 is 0 Å². The van der Waals surface area contributed by atoms with Crippen LogP contribution in [0.4, 0.5) is 11.4 Å². The fourth-order valence-electron chi connectivity index (χ4n) is 2.79. The maximum absolute atomic E-state index is 12.6. The molecule has 0 spiro atoms. The monoisotopic (exact) mass is 329 g/mol. The largest absolute Gasteiger partial charge is 0.354 e. The van der Waals surface area contributed by atoms with Crippen LogP contribution in [0, 0.1) is 6.92 Å². The molecule has 1 N–H and O–H groups in total. The number of pyridine rings is 1. The third kappa shape index (κ3) is 3.82. The van der Waals surface area contributed by atoms with Crippen molar-refractivity contribution in [3.63, 3.8) is 0 Å². The number of likely N-dealkylation sites (tertiary alicyclic amines) is 1. The second-order valence-electron chi connectivity index (χ2n) is 5.90. The summed E-state index contributed by atoms with van der Waals surface area (Å²) in [6, 6.07) is 7.54. The molecule has 2 aromatic rings. The fourth-order valence-corrected chi connectivity index (χ4v) is 2.96. The van der Waals surface area contributed by atoms with E-state index in [9.17, 15) is 4.79 Å². The normalized spacial score (nSPS) is 14.6. The first-order valence-corrected chi connectivity index (χ1v) is 8.29. The van der Waals surface area contributed by atoms with Crippen molar-refractivity contribution >= 4 is 28.9 Å². The summed E-state index contributed by atoms with van der Waals surface area (Å²) >= 11 is 6.05. The SMILES string of the molecule is Cc1ccc(Cl)cc1Nc1cncc(C(=O)N2CCCCC2)c1. The minimum Gasteiger partial charge on any atom is -0.354 e. The quantitative estimate of drug-likeness (QED) is 0.907. The predicted octanol–water partition coefficient (Wildman–Crippen LogP) is 4.41. The first-order chi connectivity index (χ1) is 11.1. The highest BCUT2D eigenvalue weighted by atomic mass is 35.5. The van der Waals surface area contributed by atoms with E-state index < -0.39 is 0 Å². The van der Waals surface area contributed by atoms with Crippen molar-refractivity contribution < 1.29 is 4.79 Å². The zero-order valence-corrected chi connectivity index (χ0v) is 13.9. The minimum absolute atomic E-state index is 0.0590. The Morgan fingerprint density at radius 1 is 1.17 bits per heavy atom. The number of carbonyl (C=O) groups is 1. The van der Waals surface area contributed by atoms with Crippen molar-refractivity contribution in [2.24, 2.45) is 0 Å². The van der Waals surface area contributed by atoms with Crippen LogP contribution in [-0.2, 0) is 0 Å². The number of aryl methyl sites for hydroxylation is 1. The third-order valence-corrected chi connectivity index (χ3v) is 4.34. The highest BCUT2D eigenvalue weighted by molar-refractivity contribution is 6.30. The lowest BCUT2D eigenvalue weighted by atomic mass is 10.1. The fraction of sp³-hybridized carbons (Fsp3) is 0.333. The molecule has 23 heavy (non-hydrogen) atoms. The highest BCUT2D eigenvalue weighted by Crippen LogP contribution is 2.24. The molecule has 4 nitrogen and oxygen atoms in total. The van der Waals surface area contributed by atoms with Gasteiger partial charge in [0.05, 0.1) is 17.4 Å². The molecule has 0 unspecified atom stereocenters. The number of piperidine rings is 1. The van der Waals surface area contributed by atoms with Gasteiger partial charge in [-0.15, -0.1) is 0 Å². The average Bonchev–Trinajstić information content (AvgIpc) is 2.58. The lowest BCUT2D eigenvalue weighted by molar-refractivity contribution is 0.0724. The molecule has 1 fully saturated rings. The number of anilines is 2. The van der Waals surface area contributed by atoms with Crippen LogP contribution in [0.15, 0.2) is 36.7 Å². The zero-order valence-electron chi connectivity index (χ0n) is 13.2. The molecular formula is C18H20ClN3O. The molecule has 0 atom stereocenters. The molecule has 1 amide bonds. The second-order valence-corrected chi connectivity index (χ2v) is 6.34. The third-order valence-electron chi connectivity index (χ3n) is 4.11. The van der Waals surface area contributed by atoms with Gasteiger partial charge in [0.25, 0.3) is 5.91 Å². The highest BCUT2D eigenvalue weighted by Gasteiger charge is 2.18. The van der Waals surface area contributed by atoms with Gasteiger partial charge in [0.2, 0.25) is 0 Å². The molecule has 1 aromatic heterocycles. The summed E-state index contributed by atoms with van der Waals surface area (Å²) in [5, 5.41) is 3.97. The van der Waals surface area contributed by atoms with Crippen LogP contribution in [0.1, 0.15) is 35.2 Å². The van der Waals surface area contributed by atoms with Crippen LogP contribution in [0.2, 0.25) is 5.02 Å². The van der Waals surface area contributed by atoms with Crippen LogP contribution in [0.3, 0.4) is 0 Å². The van der Waals surface area contributed by atoms with Crippen LogP contribution >= 0.6 is 11.6 Å². The van der Waals surface area contributed by atoms with Gasteiger partial charge in [0.1, 0.15) is 0 Å². The first kappa shape index (κ1) is 15.8. The number of nitrogens with one attached hydrogen (secondary N) is 1. The Kier molecular flexibility index (Phi) is 4.82. The van der Waals surface area contributed by atoms with E-state index in [0.717, 1.165) is 42.9 Å². The van der Waals surface area contributed by atoms with Crippen molar-refractivity contribution in [2.75, 3.05) is 18.4 Å². The smallest absolute Gasteiger partial charge is 0.255 e. The Hall–Kier alpha value is -2.07. The molecule has 120 valence electrons. The van der Waals surface area contributed by atoms with Gasteiger partial charge in [-0.1, -0.05) is 17.7 Å². The van der Waals surface area contributed by atoms with Gasteiger partial charge in [0.15, 0.2) is 0 Å². The lowest BCUT2D eigenvalue weighted by Crippen LogP contribution is -2.35. The number of rotatable bonds is 3. The number of amides is 1. The van der Waals surface area contributed by atoms with Crippen LogP contribution in [0.5, 0.6) is 0 Å². The molecule has 1 aliphatic rings. The van der Waals surface area contributed by atoms with Crippen LogP contribution in [-0.4, -0.2) is 28.9 Å². The van der Waals surface area contributed by atoms with E-state index in [1.807, 2.05) is 36.1 Å². The summed E-state index contributed by atoms with van der Waals surface area (Å²) in [5.74, 6) is 0.0590. The van der Waals surface area contributed by atoms with Gasteiger partial charge in [-0.2, -0.15) is 0 Å². The second kappa shape index (κ2) is 7.01. The Labute approximate surface area is 141 Å². The standard InChI is InChI=1S/C18H20ClN3O/c1-13-5-6-15(19)10-17(13)21-16-9-14(11-20-12-16)18(23)22-7-3-2-4-8-22/h5-6,9-12,21H,2-4,7-8H2,1H3. The van der Waals surface area contributed by atoms with Gasteiger partial charge < -0.3 is 10.2 Å². The number of aromatic nitrogens is 1. The predicted molar refractivity (Wildman–Crippen MR) is 93.5 cm³/mol. The number of benzene rings is 1. The molecule has 2 heterocycles. The maximum atomic E-state index is 12.6. The molecule has 0 aliphatic carbocycles. The van der Waals surface area contributed by atoms with Gasteiger partial charge >= 0.3 is 0 Å². The van der Waals surface area contributed by atoms with E-state index in [2.05, 4.69) is 10.3 Å². The average molecular weight is 330 g/mol. The maximum Gasteiger partial charge on any atom is 0.255 e. The summed E-state index contributed by atoms with van der Waals surface area (Å²) in [6.45, 7) is 3.68. The summed E-state index contributed by atoms with van der Waals surface area (Å²) in [7, 11) is 0. The molecular weight excluding hydrogens is 310 g/mol. The molecule has 0 bridgehead atoms. The van der Waals surface area contributed by atoms with E-state index in [4.69, 9.17) is 11.6 Å². The Morgan fingerprint density at radius 2 is 1.96 bits per heavy atom. The zero-order chi connectivity index (χ0) is 16.2. The topological polar surface area (TPSA) is 45.2 Å². The van der Waals surface area contributed by atoms with Gasteiger partial charge in [-0.05, 0) is 49.9 Å². The number of hydrogen-bond donors (Lipinski definition) is 1. The lowest BCUT2D eigenvalue weighted by Gasteiger charge is -2.26. The molecule has 1 aromatic carbocycles. The molecule has 5 heteroatoms. The molecule has 1 aliphatic heterocycles. The van der Waals surface area contributed by atoms with E-state index in [1.54, 1.807) is 12.4 Å². The first-order valence-electron chi connectivity index (χ1n) is 7.91. The number of carbonyl (C=O) groups excluding carboxylic acids is 1. The summed E-state index contributed by atoms with van der Waals surface area (Å²) in [5.41, 5.74) is 3.42. The van der Waals surface area contributed by atoms with E-state index in [0.29, 0.717) is 10.6 Å². The molecule has 0 radical (unpaired) electrons. The summed E-state index contributed by atoms with van der Waals surface area (Å²) < 4.78 is 0. The van der Waals surface area contributed by atoms with Gasteiger partial charge in [0, 0.05) is 30.0 Å². The van der Waals surface area contributed by atoms with Crippen molar-refractivity contribution in [3.05, 3.63) is 52.8 Å². The van der Waals surface area contributed by atoms with Crippen molar-refractivity contribution in [3.8, 4) is 0 Å². The van der Waals surface area contributed by atoms with E-state index in [-0.39, 0.29) is 5.91 Å². The summed E-state index contributed by atoms with van der Waals surface area (Å²) in [6.07, 6.45) is 6.72. The number of halogens is 1. The van der Waals surface area contributed by atoms with Gasteiger partial charge in [-0.3, -0.25) is 9.78 Å². The van der Waals surface area contributed by atoms with Crippen molar-refractivity contribution in [1.29, 1.82) is 0 Å². The Balaban J connectivity index is 1.79. The number of nitrogens with zero attached hydrogens (tertiary/aromatic N) is 2. The summed E-state index contributed by atoms with van der Waals surface area (Å²) in [4.78, 5) is 18.7. The van der Waals surface area contributed by atoms with Crippen molar-refractivity contribution in [1.82, 2.24) is 9.88 Å². The van der Waals surface area contributed by atoms with Gasteiger partial charge in [-0.25, -0.2) is 0 Å². The van der Waals surface area contributed by atoms with Crippen molar-refractivity contribution in [2.45, 2.75) is 26.2 Å². The number of hydrogen-bond acceptors (Lipinski definition) is 3. The molecule has 1 saturated heterocycles. The Bertz CT molecular complexity index is 711. The van der Waals surface area contributed by atoms with Crippen LogP contribution in [0.25, 0.3) is 0 Å².